The molecule has 2 rings (SSSR count). The largest absolute Gasteiger partial charge is 0.463 e. The van der Waals surface area contributed by atoms with Crippen molar-refractivity contribution in [3.05, 3.63) is 0 Å². The van der Waals surface area contributed by atoms with Crippen molar-refractivity contribution in [2.45, 2.75) is 350 Å². The number of carbonyl (C=O) groups is 15. The number of Topliss-reactive ketones (excluding diaryl/α,β-unsaturated/α-hetero) is 10. The van der Waals surface area contributed by atoms with E-state index in [2.05, 4.69) is 45.3 Å². The van der Waals surface area contributed by atoms with Crippen LogP contribution in [0.15, 0.2) is 0 Å². The third kappa shape index (κ3) is 59.2. The van der Waals surface area contributed by atoms with Crippen LogP contribution in [0.4, 0.5) is 4.79 Å². The zero-order valence-electron chi connectivity index (χ0n) is 75.5. The Morgan fingerprint density at radius 3 is 1.42 bits per heavy atom. The van der Waals surface area contributed by atoms with Crippen molar-refractivity contribution < 1.29 is 76.7 Å². The number of thioether (sulfide) groups is 1. The lowest BCUT2D eigenvalue weighted by molar-refractivity contribution is -0.151. The van der Waals surface area contributed by atoms with Crippen LogP contribution in [0.2, 0.25) is 0 Å². The van der Waals surface area contributed by atoms with Crippen LogP contribution in [-0.4, -0.2) is 150 Å². The molecule has 0 aromatic rings. The number of hydrogen-bond acceptors (Lipinski definition) is 21. The van der Waals surface area contributed by atoms with Crippen molar-refractivity contribution >= 4 is 142 Å². The van der Waals surface area contributed by atoms with Crippen LogP contribution in [-0.2, 0) is 71.9 Å². The average Bonchev–Trinajstić information content (AvgIpc) is 1.69. The second kappa shape index (κ2) is 63.8. The zero-order chi connectivity index (χ0) is 88.3. The van der Waals surface area contributed by atoms with Gasteiger partial charge in [0.15, 0.2) is 5.78 Å². The fourth-order valence-electron chi connectivity index (χ4n) is 10.8. The molecule has 0 bridgehead atoms. The number of rotatable bonds is 50. The van der Waals surface area contributed by atoms with Crippen LogP contribution in [0.5, 0.6) is 0 Å². The maximum absolute atomic E-state index is 12.9. The lowest BCUT2D eigenvalue weighted by atomic mass is 9.77. The molecule has 2 aliphatic rings. The van der Waals surface area contributed by atoms with Crippen molar-refractivity contribution in [2.75, 3.05) is 30.3 Å². The molecule has 2 fully saturated rings. The molecule has 656 valence electrons. The number of ether oxygens (including phenoxy) is 1. The van der Waals surface area contributed by atoms with E-state index in [0.717, 1.165) is 62.9 Å². The quantitative estimate of drug-likeness (QED) is 0.0220. The number of ketones is 10. The third-order valence-electron chi connectivity index (χ3n) is 18.9. The first-order valence-corrected chi connectivity index (χ1v) is 47.8. The van der Waals surface area contributed by atoms with Gasteiger partial charge in [0.1, 0.15) is 52.0 Å². The summed E-state index contributed by atoms with van der Waals surface area (Å²) >= 11 is 1.44. The zero-order valence-corrected chi connectivity index (χ0v) is 79.6. The van der Waals surface area contributed by atoms with E-state index in [0.29, 0.717) is 116 Å². The first-order chi connectivity index (χ1) is 52.1. The Morgan fingerprint density at radius 1 is 0.504 bits per heavy atom. The standard InChI is InChI=1S/C22H39N3O5.C21H33NO4S.C16H30O2S2.C14H26O2S2.C8H16O.C7H14O2/c1-13(2)17(12-16(26)9-10-19(27)14(3)4)21(29)25-18(20(28)15(5)6)8-7-11-24-22(23)30;1-13(2)17(23)9-10-27-18-11-19(24)22(21(18)26)12-15-5-7-16(8-6-15)20(25)14(3)4;1-12(2)14(17)8-7-11-19-20-16(5,6)10-9-15(18)13(3)4;1-10(2)13(15)7-6-12(5)18-17-9-8-14(16)11(3)4;1-6(2)5-8(9)7(3)4;1-5(2)7(8)9-6(3)4/h13-15,17-18H,7-12H2,1-6H3,(H,25,29)(H3,23,24,30);13-16,18H,5-12H2,1-4H3;12-13H,7-11H2,1-6H3;10-12H,6-9H2,1-5H3;6-7H,5H2,1-4H3;5-6H,1-4H3/t17-,18-;;;;;/m0...../s1. The smallest absolute Gasteiger partial charge is 0.312 e. The van der Waals surface area contributed by atoms with Gasteiger partial charge in [0.2, 0.25) is 17.7 Å². The molecular weight excluding hydrogens is 1530 g/mol. The summed E-state index contributed by atoms with van der Waals surface area (Å²) in [4.78, 5) is 178. The van der Waals surface area contributed by atoms with Gasteiger partial charge in [-0.25, -0.2) is 4.79 Å². The molecule has 1 saturated heterocycles. The number of primary amides is 1. The number of nitrogens with one attached hydrogen (secondary N) is 2. The van der Waals surface area contributed by atoms with Crippen LogP contribution < -0.4 is 16.4 Å². The van der Waals surface area contributed by atoms with Gasteiger partial charge in [-0.3, -0.25) is 72.0 Å². The summed E-state index contributed by atoms with van der Waals surface area (Å²) in [6.07, 6.45) is 11.7. The summed E-state index contributed by atoms with van der Waals surface area (Å²) < 4.78 is 4.99. The van der Waals surface area contributed by atoms with Gasteiger partial charge in [-0.2, -0.15) is 0 Å². The molecule has 1 aliphatic heterocycles. The summed E-state index contributed by atoms with van der Waals surface area (Å²) in [5.41, 5.74) is 5.04. The van der Waals surface area contributed by atoms with E-state index in [1.165, 1.54) is 16.7 Å². The summed E-state index contributed by atoms with van der Waals surface area (Å²) in [6, 6.07) is -1.33. The van der Waals surface area contributed by atoms with Gasteiger partial charge in [-0.1, -0.05) is 216 Å². The Bertz CT molecular complexity index is 2840. The van der Waals surface area contributed by atoms with Gasteiger partial charge in [-0.05, 0) is 103 Å². The van der Waals surface area contributed by atoms with Crippen LogP contribution in [0.1, 0.15) is 323 Å². The van der Waals surface area contributed by atoms with Crippen LogP contribution in [0, 0.1) is 88.8 Å². The second-order valence-electron chi connectivity index (χ2n) is 34.9. The highest BCUT2D eigenvalue weighted by atomic mass is 33.1. The fourth-order valence-corrected chi connectivity index (χ4v) is 16.9. The summed E-state index contributed by atoms with van der Waals surface area (Å²) in [6.45, 7) is 56.8. The first kappa shape index (κ1) is 115. The monoisotopic (exact) mass is 1690 g/mol. The molecule has 5 amide bonds. The molecule has 2 unspecified atom stereocenters. The van der Waals surface area contributed by atoms with E-state index in [1.807, 2.05) is 160 Å². The number of imide groups is 1. The lowest BCUT2D eigenvalue weighted by Crippen LogP contribution is -2.47. The first-order valence-electron chi connectivity index (χ1n) is 42.0. The number of nitrogens with two attached hydrogens (primary N) is 1. The molecule has 1 aliphatic carbocycles. The second-order valence-corrected chi connectivity index (χ2v) is 42.3. The van der Waals surface area contributed by atoms with Crippen molar-refractivity contribution in [3.8, 4) is 0 Å². The van der Waals surface area contributed by atoms with Gasteiger partial charge in [0, 0.05) is 170 Å². The highest BCUT2D eigenvalue weighted by Crippen LogP contribution is 2.40. The molecule has 0 aromatic heterocycles. The summed E-state index contributed by atoms with van der Waals surface area (Å²) in [5.74, 6) is 4.78. The number of esters is 1. The molecule has 0 radical (unpaired) electrons. The molecule has 1 saturated carbocycles. The maximum Gasteiger partial charge on any atom is 0.312 e. The normalized spacial score (nSPS) is 15.7. The van der Waals surface area contributed by atoms with Crippen molar-refractivity contribution in [1.29, 1.82) is 0 Å². The Labute approximate surface area is 705 Å². The SMILES string of the molecule is CC(C)C(=O)CCC(=O)C[C@H](C(=O)N[C@@H](CCCNC(N)=O)C(=O)C(C)C)C(C)C.CC(C)C(=O)CCCSSC(C)(C)CCC(=O)C(C)C.CC(C)C(=O)CCSC1CC(=O)N(CC2CCC(C(=O)C(C)C)CC2)C1=O.CC(C)CC(=O)C(C)C.CC(C)OC(=O)C(C)C.CC(CCC(=O)C(C)C)SSCCC(=O)C(C)C. The molecule has 0 aromatic carbocycles. The van der Waals surface area contributed by atoms with E-state index in [-0.39, 0.29) is 160 Å². The Kier molecular flexibility index (Phi) is 65.0. The molecule has 4 N–H and O–H groups in total. The van der Waals surface area contributed by atoms with Gasteiger partial charge in [-0.15, -0.1) is 11.8 Å². The fraction of sp³-hybridized carbons (Fsp3) is 0.830. The number of likely N-dealkylation sites (tertiary alicyclic amines) is 1. The van der Waals surface area contributed by atoms with E-state index in [4.69, 9.17) is 10.5 Å². The van der Waals surface area contributed by atoms with Gasteiger partial charge in [0.25, 0.3) is 0 Å². The maximum atomic E-state index is 12.9. The van der Waals surface area contributed by atoms with Crippen molar-refractivity contribution in [3.63, 3.8) is 0 Å². The number of urea groups is 1. The minimum absolute atomic E-state index is 0.00704. The predicted octanol–water partition coefficient (Wildman–Crippen LogP) is 19.3. The number of carbonyl (C=O) groups excluding carboxylic acids is 15. The molecule has 0 spiro atoms. The molecule has 4 atom stereocenters. The van der Waals surface area contributed by atoms with Crippen molar-refractivity contribution in [1.82, 2.24) is 15.5 Å². The van der Waals surface area contributed by atoms with Crippen molar-refractivity contribution in [2.24, 2.45) is 94.5 Å². The van der Waals surface area contributed by atoms with E-state index < -0.39 is 18.0 Å². The Morgan fingerprint density at radius 2 is 0.982 bits per heavy atom. The van der Waals surface area contributed by atoms with Gasteiger partial charge < -0.3 is 21.1 Å². The minimum atomic E-state index is -0.689. The number of hydrogen-bond donors (Lipinski definition) is 3. The average molecular weight is 1690 g/mol. The topological polar surface area (TPSA) is 319 Å². The number of amides is 5. The lowest BCUT2D eigenvalue weighted by Gasteiger charge is -2.30. The van der Waals surface area contributed by atoms with E-state index in [9.17, 15) is 71.9 Å². The van der Waals surface area contributed by atoms with Crippen LogP contribution >= 0.6 is 54.9 Å². The summed E-state index contributed by atoms with van der Waals surface area (Å²) in [5, 5.41) is 5.41. The van der Waals surface area contributed by atoms with E-state index in [1.54, 1.807) is 49.3 Å². The number of nitrogens with zero attached hydrogens (tertiary/aromatic N) is 1. The molecule has 1 heterocycles. The van der Waals surface area contributed by atoms with Crippen LogP contribution in [0.3, 0.4) is 0 Å². The highest BCUT2D eigenvalue weighted by Gasteiger charge is 2.41. The van der Waals surface area contributed by atoms with Gasteiger partial charge >= 0.3 is 12.0 Å². The highest BCUT2D eigenvalue weighted by molar-refractivity contribution is 8.77. The van der Waals surface area contributed by atoms with Crippen LogP contribution in [0.25, 0.3) is 0 Å². The predicted molar refractivity (Wildman–Crippen MR) is 474 cm³/mol. The minimum Gasteiger partial charge on any atom is -0.463 e. The molecule has 20 nitrogen and oxygen atoms in total. The molecular formula is C88H158N4O16S5. The third-order valence-corrected chi connectivity index (χ3v) is 26.5. The Hall–Kier alpha value is -4.20. The van der Waals surface area contributed by atoms with E-state index >= 15 is 0 Å². The van der Waals surface area contributed by atoms with Gasteiger partial charge in [0.05, 0.1) is 23.3 Å². The Balaban J connectivity index is -0.000000661. The molecule has 113 heavy (non-hydrogen) atoms. The molecule has 25 heteroatoms. The summed E-state index contributed by atoms with van der Waals surface area (Å²) in [7, 11) is 7.22.